The van der Waals surface area contributed by atoms with E-state index in [-0.39, 0.29) is 30.4 Å². The van der Waals surface area contributed by atoms with E-state index in [2.05, 4.69) is 10.6 Å². The number of hydrogen-bond acceptors (Lipinski definition) is 5. The smallest absolute Gasteiger partial charge is 0.287 e. The molecular weight excluding hydrogens is 516 g/mol. The van der Waals surface area contributed by atoms with Crippen molar-refractivity contribution in [3.05, 3.63) is 71.8 Å². The van der Waals surface area contributed by atoms with Gasteiger partial charge in [0.25, 0.3) is 5.91 Å². The van der Waals surface area contributed by atoms with Gasteiger partial charge < -0.3 is 10.6 Å². The molecule has 2 amide bonds. The van der Waals surface area contributed by atoms with Crippen molar-refractivity contribution in [1.29, 1.82) is 0 Å². The van der Waals surface area contributed by atoms with Crippen LogP contribution in [0.4, 0.5) is 0 Å². The topological polar surface area (TPSA) is 109 Å². The zero-order chi connectivity index (χ0) is 30.0. The summed E-state index contributed by atoms with van der Waals surface area (Å²) >= 11 is 0. The maximum Gasteiger partial charge on any atom is 0.287 e. The number of amides is 2. The van der Waals surface area contributed by atoms with Gasteiger partial charge >= 0.3 is 0 Å². The number of benzene rings is 2. The number of rotatable bonds is 13. The highest BCUT2D eigenvalue weighted by Gasteiger charge is 2.38. The van der Waals surface area contributed by atoms with Gasteiger partial charge in [0.2, 0.25) is 11.7 Å². The summed E-state index contributed by atoms with van der Waals surface area (Å²) in [6.07, 6.45) is 5.09. The Hall–Kier alpha value is -3.61. The fraction of sp³-hybridized carbons (Fsp3) is 0.500. The number of carbonyl (C=O) groups excluding carboxylic acids is 5. The number of ketones is 3. The van der Waals surface area contributed by atoms with E-state index in [9.17, 15) is 24.0 Å². The molecule has 0 radical (unpaired) electrons. The highest BCUT2D eigenvalue weighted by atomic mass is 16.2. The van der Waals surface area contributed by atoms with Gasteiger partial charge in [-0.2, -0.15) is 0 Å². The van der Waals surface area contributed by atoms with Crippen LogP contribution in [0.1, 0.15) is 88.6 Å². The summed E-state index contributed by atoms with van der Waals surface area (Å²) < 4.78 is 0. The van der Waals surface area contributed by atoms with Crippen molar-refractivity contribution in [1.82, 2.24) is 10.6 Å². The van der Waals surface area contributed by atoms with Crippen LogP contribution >= 0.6 is 0 Å². The first-order chi connectivity index (χ1) is 19.5. The summed E-state index contributed by atoms with van der Waals surface area (Å²) in [6, 6.07) is 17.4. The van der Waals surface area contributed by atoms with E-state index >= 15 is 0 Å². The third-order valence-corrected chi connectivity index (χ3v) is 8.00. The third-order valence-electron chi connectivity index (χ3n) is 8.00. The van der Waals surface area contributed by atoms with E-state index in [0.717, 1.165) is 37.7 Å². The van der Waals surface area contributed by atoms with E-state index in [1.165, 1.54) is 0 Å². The maximum absolute atomic E-state index is 13.4. The Labute approximate surface area is 243 Å². The number of Topliss-reactive ketones (excluding diaryl/α,β-unsaturated/α-hetero) is 3. The van der Waals surface area contributed by atoms with Gasteiger partial charge in [-0.25, -0.2) is 0 Å². The van der Waals surface area contributed by atoms with Crippen LogP contribution in [-0.2, 0) is 25.6 Å². The minimum absolute atomic E-state index is 0.00388. The van der Waals surface area contributed by atoms with E-state index in [4.69, 9.17) is 0 Å². The number of carbonyl (C=O) groups is 5. The molecule has 0 aromatic heterocycles. The molecule has 220 valence electrons. The lowest BCUT2D eigenvalue weighted by Gasteiger charge is -2.30. The van der Waals surface area contributed by atoms with Crippen LogP contribution in [0.3, 0.4) is 0 Å². The Morgan fingerprint density at radius 2 is 1.41 bits per heavy atom. The second-order valence-corrected chi connectivity index (χ2v) is 12.4. The molecule has 0 unspecified atom stereocenters. The maximum atomic E-state index is 13.4. The lowest BCUT2D eigenvalue weighted by Crippen LogP contribution is -2.47. The van der Waals surface area contributed by atoms with Gasteiger partial charge in [-0.05, 0) is 37.2 Å². The molecule has 1 fully saturated rings. The lowest BCUT2D eigenvalue weighted by atomic mass is 9.74. The standard InChI is InChI=1S/C34H44N2O5/c1-23(29(37)22-28(34(2,3)4)31(39)33(41)36-27-18-12-7-13-19-27)35-32(40)26(20-24-14-8-5-9-15-24)21-30(38)25-16-10-6-11-17-25/h5-6,8-11,14-17,23,26-28H,7,12-13,18-22H2,1-4H3,(H,35,40)(H,36,41)/t23-,26+,28+/m0/s1. The van der Waals surface area contributed by atoms with Crippen molar-refractivity contribution < 1.29 is 24.0 Å². The van der Waals surface area contributed by atoms with Gasteiger partial charge in [-0.1, -0.05) is 101 Å². The summed E-state index contributed by atoms with van der Waals surface area (Å²) in [5.41, 5.74) is 0.814. The normalized spacial score (nSPS) is 16.2. The zero-order valence-electron chi connectivity index (χ0n) is 24.8. The zero-order valence-corrected chi connectivity index (χ0v) is 24.8. The molecule has 7 nitrogen and oxygen atoms in total. The van der Waals surface area contributed by atoms with Crippen molar-refractivity contribution >= 4 is 29.2 Å². The lowest BCUT2D eigenvalue weighted by molar-refractivity contribution is -0.144. The van der Waals surface area contributed by atoms with Crippen LogP contribution in [0.5, 0.6) is 0 Å². The van der Waals surface area contributed by atoms with Crippen molar-refractivity contribution in [3.8, 4) is 0 Å². The molecule has 0 aliphatic heterocycles. The number of hydrogen-bond donors (Lipinski definition) is 2. The molecule has 3 atom stereocenters. The van der Waals surface area contributed by atoms with Gasteiger partial charge in [0, 0.05) is 36.3 Å². The quantitative estimate of drug-likeness (QED) is 0.257. The fourth-order valence-electron chi connectivity index (χ4n) is 5.37. The molecule has 0 spiro atoms. The summed E-state index contributed by atoms with van der Waals surface area (Å²) in [4.78, 5) is 65.8. The van der Waals surface area contributed by atoms with Crippen LogP contribution < -0.4 is 10.6 Å². The van der Waals surface area contributed by atoms with Crippen LogP contribution in [-0.4, -0.2) is 41.2 Å². The molecule has 2 aromatic carbocycles. The second-order valence-electron chi connectivity index (χ2n) is 12.4. The Kier molecular flexibility index (Phi) is 11.6. The average Bonchev–Trinajstić information content (AvgIpc) is 2.95. The summed E-state index contributed by atoms with van der Waals surface area (Å²) in [5.74, 6) is -3.60. The first kappa shape index (κ1) is 31.9. The first-order valence-corrected chi connectivity index (χ1v) is 14.8. The monoisotopic (exact) mass is 560 g/mol. The molecule has 7 heteroatoms. The summed E-state index contributed by atoms with van der Waals surface area (Å²) in [6.45, 7) is 7.10. The molecule has 41 heavy (non-hydrogen) atoms. The second kappa shape index (κ2) is 14.9. The van der Waals surface area contributed by atoms with Crippen LogP contribution in [0, 0.1) is 17.3 Å². The van der Waals surface area contributed by atoms with E-state index in [0.29, 0.717) is 12.0 Å². The highest BCUT2D eigenvalue weighted by molar-refractivity contribution is 6.37. The Bertz CT molecular complexity index is 1200. The fourth-order valence-corrected chi connectivity index (χ4v) is 5.37. The molecular formula is C34H44N2O5. The molecule has 0 bridgehead atoms. The predicted octanol–water partition coefficient (Wildman–Crippen LogP) is 5.26. The van der Waals surface area contributed by atoms with E-state index < -0.39 is 40.9 Å². The molecule has 1 aliphatic rings. The molecule has 2 aromatic rings. The molecule has 0 heterocycles. The third kappa shape index (κ3) is 9.76. The van der Waals surface area contributed by atoms with Crippen LogP contribution in [0.2, 0.25) is 0 Å². The van der Waals surface area contributed by atoms with Crippen molar-refractivity contribution in [3.63, 3.8) is 0 Å². The van der Waals surface area contributed by atoms with Gasteiger partial charge in [-0.3, -0.25) is 24.0 Å². The summed E-state index contributed by atoms with van der Waals surface area (Å²) in [7, 11) is 0. The van der Waals surface area contributed by atoms with Crippen molar-refractivity contribution in [2.24, 2.45) is 17.3 Å². The first-order valence-electron chi connectivity index (χ1n) is 14.8. The molecule has 0 saturated heterocycles. The average molecular weight is 561 g/mol. The predicted molar refractivity (Wildman–Crippen MR) is 159 cm³/mol. The highest BCUT2D eigenvalue weighted by Crippen LogP contribution is 2.31. The van der Waals surface area contributed by atoms with Gasteiger partial charge in [0.05, 0.1) is 6.04 Å². The largest absolute Gasteiger partial charge is 0.347 e. The summed E-state index contributed by atoms with van der Waals surface area (Å²) in [5, 5.41) is 5.67. The van der Waals surface area contributed by atoms with Crippen LogP contribution in [0.25, 0.3) is 0 Å². The minimum atomic E-state index is -0.883. The molecule has 3 rings (SSSR count). The van der Waals surface area contributed by atoms with Crippen LogP contribution in [0.15, 0.2) is 60.7 Å². The Balaban J connectivity index is 1.67. The van der Waals surface area contributed by atoms with Gasteiger partial charge in [-0.15, -0.1) is 0 Å². The SMILES string of the molecule is C[C@H](NC(=O)[C@@H](CC(=O)c1ccccc1)Cc1ccccc1)C(=O)C[C@H](C(=O)C(=O)NC1CCCCC1)C(C)(C)C. The molecule has 2 N–H and O–H groups in total. The molecule has 1 saturated carbocycles. The number of nitrogens with one attached hydrogen (secondary N) is 2. The van der Waals surface area contributed by atoms with E-state index in [1.54, 1.807) is 31.2 Å². The minimum Gasteiger partial charge on any atom is -0.347 e. The van der Waals surface area contributed by atoms with Crippen molar-refractivity contribution in [2.45, 2.75) is 91.1 Å². The van der Waals surface area contributed by atoms with Gasteiger partial charge in [0.1, 0.15) is 0 Å². The van der Waals surface area contributed by atoms with Crippen molar-refractivity contribution in [2.75, 3.05) is 0 Å². The van der Waals surface area contributed by atoms with Gasteiger partial charge in [0.15, 0.2) is 11.6 Å². The molecule has 1 aliphatic carbocycles. The Morgan fingerprint density at radius 3 is 2.00 bits per heavy atom. The van der Waals surface area contributed by atoms with E-state index in [1.807, 2.05) is 57.2 Å². The Morgan fingerprint density at radius 1 is 0.829 bits per heavy atom.